The maximum absolute atomic E-state index is 13.2. The Kier molecular flexibility index (Phi) is 15.2. The van der Waals surface area contributed by atoms with Crippen molar-refractivity contribution in [1.29, 1.82) is 0 Å². The lowest BCUT2D eigenvalue weighted by Crippen LogP contribution is -2.46. The molecule has 15 heteroatoms. The van der Waals surface area contributed by atoms with E-state index in [9.17, 15) is 28.8 Å². The van der Waals surface area contributed by atoms with Crippen LogP contribution in [0.5, 0.6) is 0 Å². The Labute approximate surface area is 309 Å². The van der Waals surface area contributed by atoms with Crippen molar-refractivity contribution in [1.82, 2.24) is 20.9 Å². The SMILES string of the molecule is CC(C)(C)OC(=O)Nc1ccc(C(=O)NCCN(CCNC(=O)c2ccc(NC(=O)OC(C)(C)C)cc2)C(=O)CNC(=O)OCc2ccccc2)cc1. The number of carbonyl (C=O) groups is 6. The fraction of sp³-hybridized carbons (Fsp3) is 0.368. The molecule has 6 amide bonds. The Bertz CT molecular complexity index is 1610. The van der Waals surface area contributed by atoms with E-state index in [1.165, 1.54) is 29.2 Å². The Morgan fingerprint density at radius 1 is 0.566 bits per heavy atom. The van der Waals surface area contributed by atoms with Crippen molar-refractivity contribution in [3.05, 3.63) is 95.6 Å². The topological polar surface area (TPSA) is 193 Å². The Hall–Kier alpha value is -6.12. The highest BCUT2D eigenvalue weighted by molar-refractivity contribution is 5.96. The summed E-state index contributed by atoms with van der Waals surface area (Å²) in [5.74, 6) is -1.30. The molecule has 3 rings (SSSR count). The third-order valence-electron chi connectivity index (χ3n) is 6.87. The maximum Gasteiger partial charge on any atom is 0.412 e. The molecule has 0 heterocycles. The molecule has 0 aromatic heterocycles. The number of alkyl carbamates (subject to hydrolysis) is 1. The predicted molar refractivity (Wildman–Crippen MR) is 198 cm³/mol. The first-order valence-electron chi connectivity index (χ1n) is 17.0. The summed E-state index contributed by atoms with van der Waals surface area (Å²) in [4.78, 5) is 76.6. The minimum absolute atomic E-state index is 0.0265. The lowest BCUT2D eigenvalue weighted by atomic mass is 10.2. The molecule has 0 atom stereocenters. The van der Waals surface area contributed by atoms with Crippen molar-refractivity contribution in [3.63, 3.8) is 0 Å². The van der Waals surface area contributed by atoms with Gasteiger partial charge in [0.2, 0.25) is 5.91 Å². The number of rotatable bonds is 14. The van der Waals surface area contributed by atoms with Crippen LogP contribution in [0.2, 0.25) is 0 Å². The second kappa shape index (κ2) is 19.5. The zero-order valence-corrected chi connectivity index (χ0v) is 30.9. The van der Waals surface area contributed by atoms with Crippen LogP contribution in [0.15, 0.2) is 78.9 Å². The molecule has 15 nitrogen and oxygen atoms in total. The first kappa shape index (κ1) is 41.3. The van der Waals surface area contributed by atoms with Gasteiger partial charge in [0.1, 0.15) is 24.4 Å². The lowest BCUT2D eigenvalue weighted by Gasteiger charge is -2.23. The minimum Gasteiger partial charge on any atom is -0.445 e. The van der Waals surface area contributed by atoms with Crippen molar-refractivity contribution >= 4 is 47.4 Å². The van der Waals surface area contributed by atoms with Crippen LogP contribution in [0.25, 0.3) is 0 Å². The van der Waals surface area contributed by atoms with E-state index in [4.69, 9.17) is 14.2 Å². The molecule has 0 unspecified atom stereocenters. The van der Waals surface area contributed by atoms with Gasteiger partial charge in [-0.25, -0.2) is 14.4 Å². The van der Waals surface area contributed by atoms with Gasteiger partial charge in [-0.2, -0.15) is 0 Å². The second-order valence-corrected chi connectivity index (χ2v) is 13.7. The summed E-state index contributed by atoms with van der Waals surface area (Å²) >= 11 is 0. The van der Waals surface area contributed by atoms with E-state index in [1.807, 2.05) is 18.2 Å². The van der Waals surface area contributed by atoms with E-state index >= 15 is 0 Å². The second-order valence-electron chi connectivity index (χ2n) is 13.7. The van der Waals surface area contributed by atoms with Crippen LogP contribution in [0, 0.1) is 0 Å². The van der Waals surface area contributed by atoms with Crippen LogP contribution in [0.3, 0.4) is 0 Å². The zero-order chi connectivity index (χ0) is 39.0. The van der Waals surface area contributed by atoms with Crippen LogP contribution < -0.4 is 26.6 Å². The molecule has 5 N–H and O–H groups in total. The van der Waals surface area contributed by atoms with Crippen LogP contribution >= 0.6 is 0 Å². The first-order chi connectivity index (χ1) is 25.0. The highest BCUT2D eigenvalue weighted by Gasteiger charge is 2.19. The molecule has 0 bridgehead atoms. The molecule has 3 aromatic carbocycles. The average molecular weight is 733 g/mol. The first-order valence-corrected chi connectivity index (χ1v) is 17.0. The molecule has 0 saturated carbocycles. The van der Waals surface area contributed by atoms with Crippen molar-refractivity contribution in [3.8, 4) is 0 Å². The van der Waals surface area contributed by atoms with E-state index in [1.54, 1.807) is 77.9 Å². The third-order valence-corrected chi connectivity index (χ3v) is 6.87. The number of amides is 6. The normalized spacial score (nSPS) is 11.0. The Morgan fingerprint density at radius 2 is 1.00 bits per heavy atom. The van der Waals surface area contributed by atoms with Gasteiger partial charge >= 0.3 is 18.3 Å². The number of hydrogen-bond acceptors (Lipinski definition) is 9. The van der Waals surface area contributed by atoms with Crippen LogP contribution in [0.1, 0.15) is 67.8 Å². The van der Waals surface area contributed by atoms with Gasteiger partial charge in [0.15, 0.2) is 0 Å². The van der Waals surface area contributed by atoms with Gasteiger partial charge < -0.3 is 35.1 Å². The number of anilines is 2. The number of nitrogens with zero attached hydrogens (tertiary/aromatic N) is 1. The molecule has 284 valence electrons. The maximum atomic E-state index is 13.2. The summed E-state index contributed by atoms with van der Waals surface area (Å²) in [5.41, 5.74) is 0.978. The summed E-state index contributed by atoms with van der Waals surface area (Å²) in [6.45, 7) is 10.4. The summed E-state index contributed by atoms with van der Waals surface area (Å²) in [6, 6.07) is 21.4. The molecule has 0 aliphatic heterocycles. The van der Waals surface area contributed by atoms with Crippen LogP contribution in [-0.4, -0.2) is 84.8 Å². The van der Waals surface area contributed by atoms with Gasteiger partial charge in [0.05, 0.1) is 0 Å². The van der Waals surface area contributed by atoms with Crippen LogP contribution in [0.4, 0.5) is 25.8 Å². The van der Waals surface area contributed by atoms with Crippen molar-refractivity contribution < 1.29 is 43.0 Å². The van der Waals surface area contributed by atoms with E-state index in [0.29, 0.717) is 22.5 Å². The van der Waals surface area contributed by atoms with Gasteiger partial charge in [-0.05, 0) is 95.6 Å². The average Bonchev–Trinajstić information content (AvgIpc) is 3.08. The van der Waals surface area contributed by atoms with Crippen molar-refractivity contribution in [2.45, 2.75) is 59.4 Å². The molecule has 0 saturated heterocycles. The van der Waals surface area contributed by atoms with Gasteiger partial charge in [-0.1, -0.05) is 30.3 Å². The van der Waals surface area contributed by atoms with E-state index in [-0.39, 0.29) is 39.3 Å². The number of nitrogens with one attached hydrogen (secondary N) is 5. The van der Waals surface area contributed by atoms with E-state index < -0.39 is 47.2 Å². The quantitative estimate of drug-likeness (QED) is 0.137. The fourth-order valence-corrected chi connectivity index (χ4v) is 4.46. The monoisotopic (exact) mass is 732 g/mol. The molecule has 53 heavy (non-hydrogen) atoms. The highest BCUT2D eigenvalue weighted by atomic mass is 16.6. The van der Waals surface area contributed by atoms with E-state index in [0.717, 1.165) is 5.56 Å². The fourth-order valence-electron chi connectivity index (χ4n) is 4.46. The molecule has 0 aliphatic carbocycles. The number of hydrogen-bond donors (Lipinski definition) is 5. The smallest absolute Gasteiger partial charge is 0.412 e. The number of ether oxygens (including phenoxy) is 3. The van der Waals surface area contributed by atoms with Crippen LogP contribution in [-0.2, 0) is 25.6 Å². The Balaban J connectivity index is 1.55. The predicted octanol–water partition coefficient (Wildman–Crippen LogP) is 5.30. The molecule has 0 fully saturated rings. The van der Waals surface area contributed by atoms with Gasteiger partial charge in [-0.3, -0.25) is 25.0 Å². The molecule has 0 aliphatic rings. The molecular weight excluding hydrogens is 684 g/mol. The third kappa shape index (κ3) is 16.2. The largest absolute Gasteiger partial charge is 0.445 e. The number of benzene rings is 3. The molecular formula is C38H48N6O9. The molecule has 0 spiro atoms. The summed E-state index contributed by atoms with van der Waals surface area (Å²) < 4.78 is 15.7. The van der Waals surface area contributed by atoms with Crippen molar-refractivity contribution in [2.24, 2.45) is 0 Å². The zero-order valence-electron chi connectivity index (χ0n) is 30.9. The summed E-state index contributed by atoms with van der Waals surface area (Å²) in [5, 5.41) is 13.1. The van der Waals surface area contributed by atoms with Gasteiger partial charge in [0.25, 0.3) is 11.8 Å². The van der Waals surface area contributed by atoms with Crippen molar-refractivity contribution in [2.75, 3.05) is 43.4 Å². The number of carbonyl (C=O) groups excluding carboxylic acids is 6. The van der Waals surface area contributed by atoms with E-state index in [2.05, 4.69) is 26.6 Å². The van der Waals surface area contributed by atoms with Gasteiger partial charge in [-0.15, -0.1) is 0 Å². The highest BCUT2D eigenvalue weighted by Crippen LogP contribution is 2.14. The van der Waals surface area contributed by atoms with Gasteiger partial charge in [0, 0.05) is 48.7 Å². The standard InChI is InChI=1S/C38H48N6O9/c1-37(2,3)52-35(49)42-29-16-12-27(13-17-29)32(46)39-20-22-44(31(45)24-41-34(48)51-25-26-10-8-7-9-11-26)23-21-40-33(47)28-14-18-30(19-15-28)43-36(50)53-38(4,5)6/h7-19H,20-25H2,1-6H3,(H,39,46)(H,40,47)(H,41,48)(H,42,49)(H,43,50). The molecule has 3 aromatic rings. The summed E-state index contributed by atoms with van der Waals surface area (Å²) in [7, 11) is 0. The summed E-state index contributed by atoms with van der Waals surface area (Å²) in [6.07, 6.45) is -2.03. The minimum atomic E-state index is -0.780. The lowest BCUT2D eigenvalue weighted by molar-refractivity contribution is -0.130. The molecule has 0 radical (unpaired) electrons. The Morgan fingerprint density at radius 3 is 1.42 bits per heavy atom.